The monoisotopic (exact) mass is 388 g/mol. The highest BCUT2D eigenvalue weighted by Crippen LogP contribution is 2.39. The Kier molecular flexibility index (Phi) is 5.67. The SMILES string of the molecule is CCOC(=O)C1=Nc2ccc(F)cc2C(C(=O)OCC)N1c1ccc(F)cc1. The average molecular weight is 388 g/mol. The van der Waals surface area contributed by atoms with Crippen molar-refractivity contribution in [2.24, 2.45) is 4.99 Å². The molecule has 28 heavy (non-hydrogen) atoms. The summed E-state index contributed by atoms with van der Waals surface area (Å²) in [5.41, 5.74) is 0.790. The van der Waals surface area contributed by atoms with E-state index in [4.69, 9.17) is 9.47 Å². The molecule has 0 bridgehead atoms. The lowest BCUT2D eigenvalue weighted by molar-refractivity contribution is -0.144. The molecule has 6 nitrogen and oxygen atoms in total. The van der Waals surface area contributed by atoms with Crippen LogP contribution in [0.25, 0.3) is 0 Å². The number of ether oxygens (including phenoxy) is 2. The number of carbonyl (C=O) groups excluding carboxylic acids is 2. The molecule has 0 aromatic heterocycles. The maximum absolute atomic E-state index is 13.9. The number of aliphatic imine (C=N–C) groups is 1. The van der Waals surface area contributed by atoms with Crippen molar-refractivity contribution in [1.29, 1.82) is 0 Å². The molecule has 0 saturated heterocycles. The lowest BCUT2D eigenvalue weighted by atomic mass is 9.99. The van der Waals surface area contributed by atoms with Gasteiger partial charge in [0, 0.05) is 11.3 Å². The van der Waals surface area contributed by atoms with Crippen LogP contribution in [-0.2, 0) is 19.1 Å². The van der Waals surface area contributed by atoms with Crippen LogP contribution in [-0.4, -0.2) is 31.0 Å². The molecule has 0 N–H and O–H groups in total. The molecule has 0 fully saturated rings. The quantitative estimate of drug-likeness (QED) is 0.731. The van der Waals surface area contributed by atoms with Crippen molar-refractivity contribution < 1.29 is 27.8 Å². The van der Waals surface area contributed by atoms with E-state index in [1.807, 2.05) is 0 Å². The predicted octanol–water partition coefficient (Wildman–Crippen LogP) is 3.68. The summed E-state index contributed by atoms with van der Waals surface area (Å²) in [5, 5.41) is 0. The summed E-state index contributed by atoms with van der Waals surface area (Å²) in [5.74, 6) is -2.70. The summed E-state index contributed by atoms with van der Waals surface area (Å²) >= 11 is 0. The van der Waals surface area contributed by atoms with Crippen LogP contribution >= 0.6 is 0 Å². The first-order chi connectivity index (χ1) is 13.5. The smallest absolute Gasteiger partial charge is 0.374 e. The van der Waals surface area contributed by atoms with Gasteiger partial charge in [0.15, 0.2) is 6.04 Å². The van der Waals surface area contributed by atoms with Crippen molar-refractivity contribution in [3.8, 4) is 0 Å². The lowest BCUT2D eigenvalue weighted by Gasteiger charge is -2.35. The molecular formula is C20H18F2N2O4. The van der Waals surface area contributed by atoms with Crippen LogP contribution in [0.2, 0.25) is 0 Å². The van der Waals surface area contributed by atoms with Gasteiger partial charge in [-0.05, 0) is 56.3 Å². The molecule has 1 aliphatic rings. The van der Waals surface area contributed by atoms with Crippen LogP contribution in [0.5, 0.6) is 0 Å². The Morgan fingerprint density at radius 1 is 1.00 bits per heavy atom. The number of halogens is 2. The number of benzene rings is 2. The highest BCUT2D eigenvalue weighted by Gasteiger charge is 2.40. The van der Waals surface area contributed by atoms with Crippen molar-refractivity contribution >= 4 is 29.1 Å². The average Bonchev–Trinajstić information content (AvgIpc) is 2.67. The molecule has 0 spiro atoms. The standard InChI is InChI=1S/C20H18F2N2O4/c1-3-27-19(25)17-15-11-13(22)7-10-16(15)23-18(20(26)28-4-2)24(17)14-8-5-12(21)6-9-14/h5-11,17H,3-4H2,1-2H3. The van der Waals surface area contributed by atoms with Gasteiger partial charge in [-0.15, -0.1) is 0 Å². The second-order valence-electron chi connectivity index (χ2n) is 5.86. The van der Waals surface area contributed by atoms with Crippen molar-refractivity contribution in [2.75, 3.05) is 18.1 Å². The molecule has 146 valence electrons. The first-order valence-electron chi connectivity index (χ1n) is 8.73. The number of carbonyl (C=O) groups is 2. The molecule has 1 heterocycles. The van der Waals surface area contributed by atoms with Crippen LogP contribution in [0.3, 0.4) is 0 Å². The van der Waals surface area contributed by atoms with E-state index in [9.17, 15) is 18.4 Å². The summed E-state index contributed by atoms with van der Waals surface area (Å²) in [6, 6.07) is 7.68. The van der Waals surface area contributed by atoms with E-state index in [0.717, 1.165) is 0 Å². The maximum atomic E-state index is 13.9. The minimum atomic E-state index is -1.19. The van der Waals surface area contributed by atoms with Gasteiger partial charge in [-0.25, -0.2) is 23.4 Å². The maximum Gasteiger partial charge on any atom is 0.374 e. The van der Waals surface area contributed by atoms with E-state index in [1.54, 1.807) is 13.8 Å². The molecule has 0 radical (unpaired) electrons. The van der Waals surface area contributed by atoms with E-state index >= 15 is 0 Å². The number of esters is 2. The Hall–Kier alpha value is -3.29. The number of hydrogen-bond donors (Lipinski definition) is 0. The lowest BCUT2D eigenvalue weighted by Crippen LogP contribution is -2.46. The van der Waals surface area contributed by atoms with Gasteiger partial charge >= 0.3 is 11.9 Å². The van der Waals surface area contributed by atoms with Gasteiger partial charge < -0.3 is 14.4 Å². The van der Waals surface area contributed by atoms with Crippen LogP contribution in [0.1, 0.15) is 25.5 Å². The van der Waals surface area contributed by atoms with Crippen LogP contribution in [0, 0.1) is 11.6 Å². The summed E-state index contributed by atoms with van der Waals surface area (Å²) < 4.78 is 37.6. The minimum absolute atomic E-state index is 0.0864. The fourth-order valence-electron chi connectivity index (χ4n) is 2.94. The highest BCUT2D eigenvalue weighted by atomic mass is 19.1. The molecule has 2 aromatic carbocycles. The molecule has 0 amide bonds. The number of fused-ring (bicyclic) bond motifs is 1. The largest absolute Gasteiger partial charge is 0.464 e. The Morgan fingerprint density at radius 3 is 2.29 bits per heavy atom. The zero-order chi connectivity index (χ0) is 20.3. The van der Waals surface area contributed by atoms with Gasteiger partial charge in [0.05, 0.1) is 18.9 Å². The molecule has 8 heteroatoms. The Bertz CT molecular complexity index is 928. The van der Waals surface area contributed by atoms with Crippen molar-refractivity contribution in [1.82, 2.24) is 0 Å². The first kappa shape index (κ1) is 19.5. The van der Waals surface area contributed by atoms with E-state index in [1.165, 1.54) is 47.4 Å². The van der Waals surface area contributed by atoms with E-state index in [2.05, 4.69) is 4.99 Å². The third-order valence-electron chi connectivity index (χ3n) is 4.07. The zero-order valence-corrected chi connectivity index (χ0v) is 15.3. The number of anilines is 1. The normalized spacial score (nSPS) is 15.5. The third-order valence-corrected chi connectivity index (χ3v) is 4.07. The molecule has 1 aliphatic heterocycles. The van der Waals surface area contributed by atoms with E-state index in [0.29, 0.717) is 5.69 Å². The number of hydrogen-bond acceptors (Lipinski definition) is 6. The molecule has 0 saturated carbocycles. The van der Waals surface area contributed by atoms with Gasteiger partial charge in [-0.1, -0.05) is 0 Å². The fourth-order valence-corrected chi connectivity index (χ4v) is 2.94. The Balaban J connectivity index is 2.23. The van der Waals surface area contributed by atoms with E-state index < -0.39 is 29.6 Å². The summed E-state index contributed by atoms with van der Waals surface area (Å²) in [6.07, 6.45) is 0. The van der Waals surface area contributed by atoms with Crippen LogP contribution < -0.4 is 4.90 Å². The van der Waals surface area contributed by atoms with Crippen molar-refractivity contribution in [3.63, 3.8) is 0 Å². The van der Waals surface area contributed by atoms with Crippen molar-refractivity contribution in [3.05, 3.63) is 59.7 Å². The third kappa shape index (κ3) is 3.71. The topological polar surface area (TPSA) is 68.2 Å². The van der Waals surface area contributed by atoms with Gasteiger partial charge in [-0.3, -0.25) is 0 Å². The second kappa shape index (κ2) is 8.16. The summed E-state index contributed by atoms with van der Waals surface area (Å²) in [6.45, 7) is 3.45. The second-order valence-corrected chi connectivity index (χ2v) is 5.86. The Morgan fingerprint density at radius 2 is 1.64 bits per heavy atom. The minimum Gasteiger partial charge on any atom is -0.464 e. The number of amidine groups is 1. The summed E-state index contributed by atoms with van der Waals surface area (Å²) in [4.78, 5) is 30.9. The predicted molar refractivity (Wildman–Crippen MR) is 98.4 cm³/mol. The van der Waals surface area contributed by atoms with Gasteiger partial charge in [0.25, 0.3) is 0 Å². The fraction of sp³-hybridized carbons (Fsp3) is 0.250. The Labute approximate surface area is 160 Å². The molecule has 1 unspecified atom stereocenters. The number of rotatable bonds is 5. The summed E-state index contributed by atoms with van der Waals surface area (Å²) in [7, 11) is 0. The van der Waals surface area contributed by atoms with Gasteiger partial charge in [-0.2, -0.15) is 0 Å². The van der Waals surface area contributed by atoms with Crippen LogP contribution in [0.15, 0.2) is 47.5 Å². The van der Waals surface area contributed by atoms with Gasteiger partial charge in [0.2, 0.25) is 5.84 Å². The molecule has 3 rings (SSSR count). The van der Waals surface area contributed by atoms with Crippen molar-refractivity contribution in [2.45, 2.75) is 19.9 Å². The molecular weight excluding hydrogens is 370 g/mol. The highest BCUT2D eigenvalue weighted by molar-refractivity contribution is 6.42. The molecule has 2 aromatic rings. The van der Waals surface area contributed by atoms with Crippen LogP contribution in [0.4, 0.5) is 20.2 Å². The van der Waals surface area contributed by atoms with Gasteiger partial charge in [0.1, 0.15) is 11.6 Å². The molecule has 1 atom stereocenters. The first-order valence-corrected chi connectivity index (χ1v) is 8.73. The number of nitrogens with zero attached hydrogens (tertiary/aromatic N) is 2. The zero-order valence-electron chi connectivity index (χ0n) is 15.3. The molecule has 0 aliphatic carbocycles. The van der Waals surface area contributed by atoms with E-state index in [-0.39, 0.29) is 30.3 Å².